The van der Waals surface area contributed by atoms with Gasteiger partial charge in [-0.15, -0.1) is 0 Å². The second-order valence-electron chi connectivity index (χ2n) is 5.42. The number of hydrogen-bond donors (Lipinski definition) is 1. The van der Waals surface area contributed by atoms with Gasteiger partial charge in [-0.3, -0.25) is 4.79 Å². The van der Waals surface area contributed by atoms with Gasteiger partial charge in [-0.05, 0) is 32.4 Å². The van der Waals surface area contributed by atoms with Gasteiger partial charge in [0.25, 0.3) is 0 Å². The second-order valence-corrected chi connectivity index (χ2v) is 7.69. The summed E-state index contributed by atoms with van der Waals surface area (Å²) in [4.78, 5) is 19.1. The van der Waals surface area contributed by atoms with Gasteiger partial charge in [0.05, 0.1) is 18.9 Å². The average Bonchev–Trinajstić information content (AvgIpc) is 2.34. The number of carbonyl (C=O) groups is 1. The van der Waals surface area contributed by atoms with Gasteiger partial charge in [-0.1, -0.05) is 6.92 Å². The van der Waals surface area contributed by atoms with Crippen LogP contribution < -0.4 is 5.32 Å². The largest absolute Gasteiger partial charge is 0.350 e. The number of halogens is 1. The first-order chi connectivity index (χ1) is 9.56. The lowest BCUT2D eigenvalue weighted by Crippen LogP contribution is -2.47. The lowest BCUT2D eigenvalue weighted by atomic mass is 10.1. The summed E-state index contributed by atoms with van der Waals surface area (Å²) in [6, 6.07) is 0. The third-order valence-corrected chi connectivity index (χ3v) is 4.49. The summed E-state index contributed by atoms with van der Waals surface area (Å²) in [5, 5.41) is 2.68. The maximum atomic E-state index is 12.4. The van der Waals surface area contributed by atoms with Crippen LogP contribution in [0, 0.1) is 0 Å². The fraction of sp³-hybridized carbons (Fsp3) is 0.583. The van der Waals surface area contributed by atoms with E-state index in [9.17, 15) is 13.2 Å². The van der Waals surface area contributed by atoms with Gasteiger partial charge >= 0.3 is 0 Å². The molecule has 0 radical (unpaired) electrons. The molecule has 0 fully saturated rings. The molecule has 0 unspecified atom stereocenters. The van der Waals surface area contributed by atoms with Crippen molar-refractivity contribution in [1.29, 1.82) is 0 Å². The van der Waals surface area contributed by atoms with Crippen molar-refractivity contribution >= 4 is 27.5 Å². The van der Waals surface area contributed by atoms with E-state index >= 15 is 0 Å². The molecule has 0 aromatic carbocycles. The average molecular weight is 335 g/mol. The minimum atomic E-state index is -3.83. The second kappa shape index (κ2) is 6.67. The Morgan fingerprint density at radius 2 is 1.86 bits per heavy atom. The van der Waals surface area contributed by atoms with Crippen LogP contribution in [0.3, 0.4) is 0 Å². The molecule has 1 rings (SSSR count). The van der Waals surface area contributed by atoms with Crippen LogP contribution in [-0.4, -0.2) is 47.2 Å². The predicted octanol–water partition coefficient (Wildman–Crippen LogP) is 1.06. The summed E-state index contributed by atoms with van der Waals surface area (Å²) in [7, 11) is -3.83. The van der Waals surface area contributed by atoms with E-state index in [1.807, 2.05) is 20.8 Å². The normalized spacial score (nSPS) is 12.5. The van der Waals surface area contributed by atoms with Gasteiger partial charge in [-0.2, -0.15) is 4.31 Å². The van der Waals surface area contributed by atoms with Gasteiger partial charge < -0.3 is 5.32 Å². The zero-order valence-corrected chi connectivity index (χ0v) is 14.0. The number of nitrogens with zero attached hydrogens (tertiary/aromatic N) is 3. The Bertz CT molecular complexity index is 596. The highest BCUT2D eigenvalue weighted by atomic mass is 35.5. The molecule has 9 heteroatoms. The fourth-order valence-electron chi connectivity index (χ4n) is 1.57. The summed E-state index contributed by atoms with van der Waals surface area (Å²) in [5.41, 5.74) is -0.427. The lowest BCUT2D eigenvalue weighted by molar-refractivity contribution is -0.122. The van der Waals surface area contributed by atoms with Crippen LogP contribution in [0.2, 0.25) is 5.28 Å². The van der Waals surface area contributed by atoms with Crippen molar-refractivity contribution in [1.82, 2.24) is 19.6 Å². The van der Waals surface area contributed by atoms with E-state index in [1.165, 1.54) is 0 Å². The SMILES string of the molecule is CCN(CC(=O)NC(C)(C)C)S(=O)(=O)c1cnc(Cl)nc1. The van der Waals surface area contributed by atoms with Crippen molar-refractivity contribution in [2.24, 2.45) is 0 Å². The Balaban J connectivity index is 2.93. The number of sulfonamides is 1. The number of nitrogens with one attached hydrogen (secondary N) is 1. The van der Waals surface area contributed by atoms with Crippen molar-refractivity contribution in [3.05, 3.63) is 17.7 Å². The van der Waals surface area contributed by atoms with Crippen LogP contribution in [0.5, 0.6) is 0 Å². The summed E-state index contributed by atoms with van der Waals surface area (Å²) >= 11 is 5.54. The zero-order valence-electron chi connectivity index (χ0n) is 12.4. The Labute approximate surface area is 129 Å². The molecule has 1 N–H and O–H groups in total. The number of rotatable bonds is 5. The molecule has 0 saturated carbocycles. The number of amides is 1. The predicted molar refractivity (Wildman–Crippen MR) is 79.4 cm³/mol. The Kier molecular flexibility index (Phi) is 5.66. The van der Waals surface area contributed by atoms with Gasteiger partial charge in [0.15, 0.2) is 0 Å². The van der Waals surface area contributed by atoms with Gasteiger partial charge in [0, 0.05) is 12.1 Å². The zero-order chi connectivity index (χ0) is 16.3. The van der Waals surface area contributed by atoms with Crippen LogP contribution in [0.25, 0.3) is 0 Å². The smallest absolute Gasteiger partial charge is 0.246 e. The van der Waals surface area contributed by atoms with E-state index in [-0.39, 0.29) is 29.2 Å². The molecule has 0 saturated heterocycles. The number of carbonyl (C=O) groups excluding carboxylic acids is 1. The molecule has 118 valence electrons. The molecule has 1 aromatic rings. The van der Waals surface area contributed by atoms with Crippen molar-refractivity contribution in [3.8, 4) is 0 Å². The molecule has 0 atom stereocenters. The maximum absolute atomic E-state index is 12.4. The van der Waals surface area contributed by atoms with Crippen LogP contribution in [0.15, 0.2) is 17.3 Å². The third-order valence-electron chi connectivity index (χ3n) is 2.42. The monoisotopic (exact) mass is 334 g/mol. The molecule has 1 amide bonds. The van der Waals surface area contributed by atoms with Crippen LogP contribution in [-0.2, 0) is 14.8 Å². The molecular formula is C12H19ClN4O3S. The Morgan fingerprint density at radius 1 is 1.33 bits per heavy atom. The molecule has 1 aromatic heterocycles. The Morgan fingerprint density at radius 3 is 2.29 bits per heavy atom. The molecule has 1 heterocycles. The van der Waals surface area contributed by atoms with Crippen LogP contribution >= 0.6 is 11.6 Å². The topological polar surface area (TPSA) is 92.3 Å². The van der Waals surface area contributed by atoms with E-state index in [0.717, 1.165) is 16.7 Å². The quantitative estimate of drug-likeness (QED) is 0.813. The summed E-state index contributed by atoms with van der Waals surface area (Å²) < 4.78 is 25.9. The van der Waals surface area contributed by atoms with E-state index < -0.39 is 15.6 Å². The van der Waals surface area contributed by atoms with E-state index in [4.69, 9.17) is 11.6 Å². The van der Waals surface area contributed by atoms with Crippen molar-refractivity contribution < 1.29 is 13.2 Å². The van der Waals surface area contributed by atoms with Crippen LogP contribution in [0.1, 0.15) is 27.7 Å². The molecule has 0 aliphatic carbocycles. The minimum Gasteiger partial charge on any atom is -0.350 e. The Hall–Kier alpha value is -1.25. The van der Waals surface area contributed by atoms with E-state index in [0.29, 0.717) is 0 Å². The summed E-state index contributed by atoms with van der Waals surface area (Å²) in [5.74, 6) is -0.372. The fourth-order valence-corrected chi connectivity index (χ4v) is 2.96. The summed E-state index contributed by atoms with van der Waals surface area (Å²) in [6.07, 6.45) is 2.24. The molecular weight excluding hydrogens is 316 g/mol. The van der Waals surface area contributed by atoms with E-state index in [1.54, 1.807) is 6.92 Å². The number of aromatic nitrogens is 2. The third kappa shape index (κ3) is 5.22. The molecule has 0 aliphatic heterocycles. The summed E-state index contributed by atoms with van der Waals surface area (Å²) in [6.45, 7) is 7.01. The first kappa shape index (κ1) is 17.8. The molecule has 21 heavy (non-hydrogen) atoms. The first-order valence-electron chi connectivity index (χ1n) is 6.35. The highest BCUT2D eigenvalue weighted by Gasteiger charge is 2.27. The van der Waals surface area contributed by atoms with Crippen molar-refractivity contribution in [2.75, 3.05) is 13.1 Å². The van der Waals surface area contributed by atoms with Crippen molar-refractivity contribution in [3.63, 3.8) is 0 Å². The maximum Gasteiger partial charge on any atom is 0.246 e. The van der Waals surface area contributed by atoms with Gasteiger partial charge in [-0.25, -0.2) is 18.4 Å². The van der Waals surface area contributed by atoms with E-state index in [2.05, 4.69) is 15.3 Å². The highest BCUT2D eigenvalue weighted by molar-refractivity contribution is 7.89. The highest BCUT2D eigenvalue weighted by Crippen LogP contribution is 2.14. The number of likely N-dealkylation sites (N-methyl/N-ethyl adjacent to an activating group) is 1. The molecule has 0 bridgehead atoms. The lowest BCUT2D eigenvalue weighted by Gasteiger charge is -2.24. The molecule has 0 aliphatic rings. The molecule has 7 nitrogen and oxygen atoms in total. The first-order valence-corrected chi connectivity index (χ1v) is 8.17. The van der Waals surface area contributed by atoms with Crippen molar-refractivity contribution in [2.45, 2.75) is 38.1 Å². The molecule has 0 spiro atoms. The van der Waals surface area contributed by atoms with Gasteiger partial charge in [0.2, 0.25) is 21.2 Å². The minimum absolute atomic E-state index is 0.0394. The standard InChI is InChI=1S/C12H19ClN4O3S/c1-5-17(8-10(18)16-12(2,3)4)21(19,20)9-6-14-11(13)15-7-9/h6-7H,5,8H2,1-4H3,(H,16,18). The number of hydrogen-bond acceptors (Lipinski definition) is 5. The van der Waals surface area contributed by atoms with Crippen LogP contribution in [0.4, 0.5) is 0 Å². The van der Waals surface area contributed by atoms with Gasteiger partial charge in [0.1, 0.15) is 4.90 Å².